The average Bonchev–Trinajstić information content (AvgIpc) is 2.46. The maximum Gasteiger partial charge on any atom is 0.322 e. The van der Waals surface area contributed by atoms with E-state index in [-0.39, 0.29) is 11.3 Å². The van der Waals surface area contributed by atoms with E-state index in [2.05, 4.69) is 21.0 Å². The van der Waals surface area contributed by atoms with Gasteiger partial charge in [-0.3, -0.25) is 0 Å². The van der Waals surface area contributed by atoms with Crippen molar-refractivity contribution in [1.82, 2.24) is 15.0 Å². The molecule has 0 unspecified atom stereocenters. The maximum absolute atomic E-state index is 5.99. The van der Waals surface area contributed by atoms with Crippen molar-refractivity contribution in [2.45, 2.75) is 13.0 Å². The molecule has 0 saturated carbocycles. The van der Waals surface area contributed by atoms with E-state index >= 15 is 0 Å². The minimum atomic E-state index is 0.130. The Morgan fingerprint density at radius 2 is 2.15 bits per heavy atom. The molecule has 2 heterocycles. The van der Waals surface area contributed by atoms with Gasteiger partial charge in [-0.2, -0.15) is 15.0 Å². The first-order valence-corrected chi connectivity index (χ1v) is 6.62. The Labute approximate surface area is 121 Å². The number of nitrogen functional groups attached to an aromatic ring is 1. The molecule has 1 aromatic carbocycles. The van der Waals surface area contributed by atoms with Crippen LogP contribution in [0.5, 0.6) is 6.01 Å². The van der Waals surface area contributed by atoms with Crippen molar-refractivity contribution in [2.24, 2.45) is 0 Å². The molecule has 6 nitrogen and oxygen atoms in total. The Hall–Kier alpha value is -2.08. The summed E-state index contributed by atoms with van der Waals surface area (Å²) >= 11 is 5.88. The van der Waals surface area contributed by atoms with E-state index in [1.165, 1.54) is 18.2 Å². The number of anilines is 2. The van der Waals surface area contributed by atoms with Gasteiger partial charge in [-0.25, -0.2) is 0 Å². The van der Waals surface area contributed by atoms with Crippen LogP contribution in [0, 0.1) is 0 Å². The van der Waals surface area contributed by atoms with Crippen molar-refractivity contribution in [3.8, 4) is 6.01 Å². The zero-order chi connectivity index (χ0) is 14.1. The van der Waals surface area contributed by atoms with Gasteiger partial charge in [-0.05, 0) is 35.2 Å². The number of nitrogens with two attached hydrogens (primary N) is 1. The highest BCUT2D eigenvalue weighted by Crippen LogP contribution is 2.26. The Morgan fingerprint density at radius 1 is 1.30 bits per heavy atom. The molecule has 0 saturated heterocycles. The molecule has 0 spiro atoms. The number of nitrogens with zero attached hydrogens (tertiary/aromatic N) is 4. The lowest BCUT2D eigenvalue weighted by molar-refractivity contribution is 0.377. The van der Waals surface area contributed by atoms with E-state index in [1.54, 1.807) is 0 Å². The van der Waals surface area contributed by atoms with Crippen LogP contribution in [0.2, 0.25) is 5.28 Å². The van der Waals surface area contributed by atoms with Crippen LogP contribution < -0.4 is 15.4 Å². The quantitative estimate of drug-likeness (QED) is 0.848. The molecule has 2 N–H and O–H groups in total. The van der Waals surface area contributed by atoms with Crippen LogP contribution >= 0.6 is 11.6 Å². The normalized spacial score (nSPS) is 14.0. The summed E-state index contributed by atoms with van der Waals surface area (Å²) in [5.74, 6) is 0.523. The first kappa shape index (κ1) is 12.9. The van der Waals surface area contributed by atoms with Crippen molar-refractivity contribution in [2.75, 3.05) is 24.3 Å². The smallest absolute Gasteiger partial charge is 0.322 e. The molecule has 3 rings (SSSR count). The van der Waals surface area contributed by atoms with Crippen molar-refractivity contribution < 1.29 is 4.74 Å². The molecule has 0 fully saturated rings. The molecule has 20 heavy (non-hydrogen) atoms. The predicted molar refractivity (Wildman–Crippen MR) is 77.0 cm³/mol. The van der Waals surface area contributed by atoms with Crippen molar-refractivity contribution in [3.05, 3.63) is 34.6 Å². The number of hydrogen-bond donors (Lipinski definition) is 1. The van der Waals surface area contributed by atoms with E-state index < -0.39 is 0 Å². The van der Waals surface area contributed by atoms with Crippen molar-refractivity contribution >= 4 is 23.2 Å². The predicted octanol–water partition coefficient (Wildman–Crippen LogP) is 1.68. The van der Waals surface area contributed by atoms with Gasteiger partial charge >= 0.3 is 6.01 Å². The molecule has 7 heteroatoms. The standard InChI is InChI=1S/C13H14ClN5O/c1-20-13-17-11(14)16-12(18-13)19-6-5-9-8(7-19)3-2-4-10(9)15/h2-4H,5-7,15H2,1H3. The Morgan fingerprint density at radius 3 is 2.95 bits per heavy atom. The number of aromatic nitrogens is 3. The highest BCUT2D eigenvalue weighted by atomic mass is 35.5. The second-order valence-corrected chi connectivity index (χ2v) is 4.89. The monoisotopic (exact) mass is 291 g/mol. The Bertz CT molecular complexity index is 649. The van der Waals surface area contributed by atoms with E-state index in [9.17, 15) is 0 Å². The molecule has 0 bridgehead atoms. The minimum absolute atomic E-state index is 0.130. The van der Waals surface area contributed by atoms with E-state index in [1.807, 2.05) is 17.0 Å². The number of hydrogen-bond acceptors (Lipinski definition) is 6. The second-order valence-electron chi connectivity index (χ2n) is 4.55. The fourth-order valence-electron chi connectivity index (χ4n) is 2.36. The average molecular weight is 292 g/mol. The molecule has 1 aliphatic rings. The Kier molecular flexibility index (Phi) is 3.31. The van der Waals surface area contributed by atoms with Crippen LogP contribution in [0.25, 0.3) is 0 Å². The molecule has 104 valence electrons. The van der Waals surface area contributed by atoms with Crippen LogP contribution in [0.1, 0.15) is 11.1 Å². The largest absolute Gasteiger partial charge is 0.467 e. The third-order valence-corrected chi connectivity index (χ3v) is 3.51. The van der Waals surface area contributed by atoms with Crippen LogP contribution in [0.3, 0.4) is 0 Å². The molecule has 0 aliphatic carbocycles. The minimum Gasteiger partial charge on any atom is -0.467 e. The van der Waals surface area contributed by atoms with E-state index in [0.717, 1.165) is 18.7 Å². The van der Waals surface area contributed by atoms with Gasteiger partial charge in [-0.15, -0.1) is 0 Å². The van der Waals surface area contributed by atoms with Crippen LogP contribution in [0.4, 0.5) is 11.6 Å². The molecule has 1 aliphatic heterocycles. The molecule has 0 radical (unpaired) electrons. The van der Waals surface area contributed by atoms with E-state index in [4.69, 9.17) is 22.1 Å². The zero-order valence-corrected chi connectivity index (χ0v) is 11.8. The summed E-state index contributed by atoms with van der Waals surface area (Å²) in [5, 5.41) is 0.130. The van der Waals surface area contributed by atoms with Crippen molar-refractivity contribution in [3.63, 3.8) is 0 Å². The molecular formula is C13H14ClN5O. The topological polar surface area (TPSA) is 77.2 Å². The van der Waals surface area contributed by atoms with Crippen LogP contribution in [0.15, 0.2) is 18.2 Å². The first-order valence-electron chi connectivity index (χ1n) is 6.24. The highest BCUT2D eigenvalue weighted by Gasteiger charge is 2.21. The summed E-state index contributed by atoms with van der Waals surface area (Å²) in [5.41, 5.74) is 9.23. The van der Waals surface area contributed by atoms with Gasteiger partial charge in [0.05, 0.1) is 7.11 Å². The zero-order valence-electron chi connectivity index (χ0n) is 11.0. The number of fused-ring (bicyclic) bond motifs is 1. The summed E-state index contributed by atoms with van der Waals surface area (Å²) in [4.78, 5) is 14.3. The van der Waals surface area contributed by atoms with Crippen molar-refractivity contribution in [1.29, 1.82) is 0 Å². The lowest BCUT2D eigenvalue weighted by atomic mass is 9.98. The van der Waals surface area contributed by atoms with Gasteiger partial charge in [0.1, 0.15) is 0 Å². The van der Waals surface area contributed by atoms with Gasteiger partial charge in [0.15, 0.2) is 0 Å². The number of halogens is 1. The molecule has 1 aromatic heterocycles. The molecular weight excluding hydrogens is 278 g/mol. The lowest BCUT2D eigenvalue weighted by Crippen LogP contribution is -2.32. The fourth-order valence-corrected chi connectivity index (χ4v) is 2.51. The SMILES string of the molecule is COc1nc(Cl)nc(N2CCc3c(N)cccc3C2)n1. The van der Waals surface area contributed by atoms with Gasteiger partial charge < -0.3 is 15.4 Å². The maximum atomic E-state index is 5.99. The summed E-state index contributed by atoms with van der Waals surface area (Å²) in [7, 11) is 1.50. The van der Waals surface area contributed by atoms with Crippen LogP contribution in [-0.4, -0.2) is 28.6 Å². The third kappa shape index (κ3) is 2.34. The second kappa shape index (κ2) is 5.13. The molecule has 0 atom stereocenters. The highest BCUT2D eigenvalue weighted by molar-refractivity contribution is 6.28. The van der Waals surface area contributed by atoms with E-state index in [0.29, 0.717) is 12.5 Å². The number of ether oxygens (including phenoxy) is 1. The summed E-state index contributed by atoms with van der Waals surface area (Å²) < 4.78 is 5.02. The van der Waals surface area contributed by atoms with Gasteiger partial charge in [-0.1, -0.05) is 12.1 Å². The van der Waals surface area contributed by atoms with Gasteiger partial charge in [0.2, 0.25) is 11.2 Å². The molecule has 0 amide bonds. The summed E-state index contributed by atoms with van der Waals surface area (Å²) in [6.45, 7) is 1.48. The third-order valence-electron chi connectivity index (χ3n) is 3.34. The molecule has 2 aromatic rings. The van der Waals surface area contributed by atoms with Gasteiger partial charge in [0, 0.05) is 18.8 Å². The lowest BCUT2D eigenvalue weighted by Gasteiger charge is -2.29. The summed E-state index contributed by atoms with van der Waals surface area (Å²) in [6.07, 6.45) is 0.855. The van der Waals surface area contributed by atoms with Gasteiger partial charge in [0.25, 0.3) is 0 Å². The summed E-state index contributed by atoms with van der Waals surface area (Å²) in [6, 6.07) is 6.17. The van der Waals surface area contributed by atoms with Crippen LogP contribution in [-0.2, 0) is 13.0 Å². The Balaban J connectivity index is 1.92. The fraction of sp³-hybridized carbons (Fsp3) is 0.308. The number of rotatable bonds is 2. The first-order chi connectivity index (χ1) is 9.67. The number of benzene rings is 1. The number of methoxy groups -OCH3 is 1.